The van der Waals surface area contributed by atoms with Gasteiger partial charge >= 0.3 is 0 Å². The smallest absolute Gasteiger partial charge is 0.242 e. The average molecular weight is 390 g/mol. The van der Waals surface area contributed by atoms with E-state index in [0.29, 0.717) is 6.42 Å². The molecular weight excluding hydrogens is 362 g/mol. The molecule has 9 heteroatoms. The molecule has 7 nitrogen and oxygen atoms in total. The summed E-state index contributed by atoms with van der Waals surface area (Å²) in [5, 5.41) is 0. The second-order valence-electron chi connectivity index (χ2n) is 6.89. The topological polar surface area (TPSA) is 110 Å². The second-order valence-corrected chi connectivity index (χ2v) is 10.7. The van der Waals surface area contributed by atoms with Crippen LogP contribution in [0.1, 0.15) is 33.1 Å². The second kappa shape index (κ2) is 7.71. The first kappa shape index (κ1) is 20.3. The molecular formula is C16H27N3O4S2. The molecule has 0 bridgehead atoms. The van der Waals surface area contributed by atoms with Crippen LogP contribution in [0.5, 0.6) is 0 Å². The van der Waals surface area contributed by atoms with Gasteiger partial charge in [-0.2, -0.15) is 0 Å². The molecule has 1 aliphatic rings. The van der Waals surface area contributed by atoms with Gasteiger partial charge in [0.25, 0.3) is 0 Å². The maximum Gasteiger partial charge on any atom is 0.242 e. The lowest BCUT2D eigenvalue weighted by atomic mass is 10.0. The fraction of sp³-hybridized carbons (Fsp3) is 0.625. The van der Waals surface area contributed by atoms with Crippen LogP contribution in [0.3, 0.4) is 0 Å². The summed E-state index contributed by atoms with van der Waals surface area (Å²) in [5.41, 5.74) is 5.97. The highest BCUT2D eigenvalue weighted by atomic mass is 32.2. The van der Waals surface area contributed by atoms with Gasteiger partial charge in [-0.25, -0.2) is 25.9 Å². The lowest BCUT2D eigenvalue weighted by Crippen LogP contribution is -2.34. The van der Waals surface area contributed by atoms with Crippen molar-refractivity contribution in [2.75, 3.05) is 13.6 Å². The van der Waals surface area contributed by atoms with Gasteiger partial charge in [0.05, 0.1) is 9.79 Å². The predicted octanol–water partition coefficient (Wildman–Crippen LogP) is 1.12. The molecule has 1 unspecified atom stereocenters. The molecule has 0 spiro atoms. The Bertz CT molecular complexity index is 802. The highest BCUT2D eigenvalue weighted by Gasteiger charge is 2.29. The lowest BCUT2D eigenvalue weighted by Gasteiger charge is -2.21. The van der Waals surface area contributed by atoms with E-state index < -0.39 is 20.0 Å². The third-order valence-electron chi connectivity index (χ3n) is 4.36. The Morgan fingerprint density at radius 3 is 2.36 bits per heavy atom. The van der Waals surface area contributed by atoms with Gasteiger partial charge in [0.1, 0.15) is 0 Å². The van der Waals surface area contributed by atoms with Crippen molar-refractivity contribution in [3.8, 4) is 0 Å². The Labute approximate surface area is 150 Å². The average Bonchev–Trinajstić information content (AvgIpc) is 3.35. The molecule has 1 atom stereocenters. The van der Waals surface area contributed by atoms with E-state index in [2.05, 4.69) is 4.72 Å². The van der Waals surface area contributed by atoms with Crippen LogP contribution >= 0.6 is 0 Å². The standard InChI is InChI=1S/C16H27N3O4S2/c1-12(2)16(17)9-10-19(3)25(22,23)15-6-4-5-14(11-15)24(20,21)18-13-7-8-13/h4-6,11-13,16,18H,7-10,17H2,1-3H3. The highest BCUT2D eigenvalue weighted by Crippen LogP contribution is 2.24. The Morgan fingerprint density at radius 2 is 1.80 bits per heavy atom. The molecule has 0 aliphatic heterocycles. The number of benzene rings is 1. The Hall–Kier alpha value is -1.00. The molecule has 1 aromatic carbocycles. The Kier molecular flexibility index (Phi) is 6.26. The lowest BCUT2D eigenvalue weighted by molar-refractivity contribution is 0.397. The zero-order valence-electron chi connectivity index (χ0n) is 14.8. The molecule has 25 heavy (non-hydrogen) atoms. The van der Waals surface area contributed by atoms with Crippen LogP contribution in [0.4, 0.5) is 0 Å². The summed E-state index contributed by atoms with van der Waals surface area (Å²) in [6.45, 7) is 4.25. The minimum Gasteiger partial charge on any atom is -0.327 e. The van der Waals surface area contributed by atoms with Gasteiger partial charge in [-0.15, -0.1) is 0 Å². The van der Waals surface area contributed by atoms with E-state index in [1.807, 2.05) is 13.8 Å². The van der Waals surface area contributed by atoms with Gasteiger partial charge in [0, 0.05) is 25.7 Å². The Morgan fingerprint density at radius 1 is 1.20 bits per heavy atom. The number of sulfonamides is 2. The van der Waals surface area contributed by atoms with E-state index in [1.165, 1.54) is 35.6 Å². The summed E-state index contributed by atoms with van der Waals surface area (Å²) >= 11 is 0. The van der Waals surface area contributed by atoms with Crippen molar-refractivity contribution in [1.82, 2.24) is 9.03 Å². The summed E-state index contributed by atoms with van der Waals surface area (Å²) in [5.74, 6) is 0.262. The van der Waals surface area contributed by atoms with Crippen LogP contribution < -0.4 is 10.5 Å². The zero-order chi connectivity index (χ0) is 18.8. The van der Waals surface area contributed by atoms with Gasteiger partial charge < -0.3 is 5.73 Å². The highest BCUT2D eigenvalue weighted by molar-refractivity contribution is 7.90. The summed E-state index contributed by atoms with van der Waals surface area (Å²) in [7, 11) is -5.99. The first-order valence-electron chi connectivity index (χ1n) is 8.38. The van der Waals surface area contributed by atoms with Crippen LogP contribution in [-0.4, -0.2) is 46.8 Å². The van der Waals surface area contributed by atoms with Gasteiger partial charge in [-0.05, 0) is 43.4 Å². The van der Waals surface area contributed by atoms with Crippen molar-refractivity contribution in [3.05, 3.63) is 24.3 Å². The third kappa shape index (κ3) is 5.24. The summed E-state index contributed by atoms with van der Waals surface area (Å²) < 4.78 is 53.7. The van der Waals surface area contributed by atoms with Crippen molar-refractivity contribution in [3.63, 3.8) is 0 Å². The molecule has 1 aromatic rings. The Balaban J connectivity index is 2.17. The van der Waals surface area contributed by atoms with Crippen LogP contribution in [0.15, 0.2) is 34.1 Å². The van der Waals surface area contributed by atoms with Crippen LogP contribution in [0.2, 0.25) is 0 Å². The van der Waals surface area contributed by atoms with Crippen molar-refractivity contribution < 1.29 is 16.8 Å². The minimum atomic E-state index is -3.77. The van der Waals surface area contributed by atoms with Crippen molar-refractivity contribution >= 4 is 20.0 Å². The van der Waals surface area contributed by atoms with Gasteiger partial charge in [0.2, 0.25) is 20.0 Å². The fourth-order valence-corrected chi connectivity index (χ4v) is 4.91. The monoisotopic (exact) mass is 389 g/mol. The number of rotatable bonds is 9. The summed E-state index contributed by atoms with van der Waals surface area (Å²) in [6.07, 6.45) is 2.17. The molecule has 0 aromatic heterocycles. The number of nitrogens with zero attached hydrogens (tertiary/aromatic N) is 1. The SMILES string of the molecule is CC(C)C(N)CCN(C)S(=O)(=O)c1cccc(S(=O)(=O)NC2CC2)c1. The molecule has 1 fully saturated rings. The van der Waals surface area contributed by atoms with Crippen molar-refractivity contribution in [1.29, 1.82) is 0 Å². The molecule has 3 N–H and O–H groups in total. The van der Waals surface area contributed by atoms with Crippen molar-refractivity contribution in [2.24, 2.45) is 11.7 Å². The minimum absolute atomic E-state index is 0.0345. The largest absolute Gasteiger partial charge is 0.327 e. The van der Waals surface area contributed by atoms with E-state index in [9.17, 15) is 16.8 Å². The van der Waals surface area contributed by atoms with Crippen LogP contribution in [-0.2, 0) is 20.0 Å². The molecule has 142 valence electrons. The number of nitrogens with one attached hydrogen (secondary N) is 1. The van der Waals surface area contributed by atoms with Gasteiger partial charge in [-0.1, -0.05) is 19.9 Å². The predicted molar refractivity (Wildman–Crippen MR) is 97.0 cm³/mol. The molecule has 1 saturated carbocycles. The third-order valence-corrected chi connectivity index (χ3v) is 7.73. The van der Waals surface area contributed by atoms with Crippen LogP contribution in [0, 0.1) is 5.92 Å². The van der Waals surface area contributed by atoms with E-state index in [1.54, 1.807) is 0 Å². The first-order valence-corrected chi connectivity index (χ1v) is 11.3. The molecule has 0 heterocycles. The molecule has 1 aliphatic carbocycles. The van der Waals surface area contributed by atoms with E-state index in [-0.39, 0.29) is 34.3 Å². The number of hydrogen-bond donors (Lipinski definition) is 2. The maximum atomic E-state index is 12.7. The molecule has 0 radical (unpaired) electrons. The summed E-state index contributed by atoms with van der Waals surface area (Å²) in [4.78, 5) is -0.0699. The van der Waals surface area contributed by atoms with Gasteiger partial charge in [0.15, 0.2) is 0 Å². The van der Waals surface area contributed by atoms with E-state index in [0.717, 1.165) is 12.8 Å². The molecule has 0 amide bonds. The van der Waals surface area contributed by atoms with E-state index >= 15 is 0 Å². The summed E-state index contributed by atoms with van der Waals surface area (Å²) in [6, 6.07) is 5.33. The van der Waals surface area contributed by atoms with Crippen LogP contribution in [0.25, 0.3) is 0 Å². The zero-order valence-corrected chi connectivity index (χ0v) is 16.5. The van der Waals surface area contributed by atoms with Gasteiger partial charge in [-0.3, -0.25) is 0 Å². The van der Waals surface area contributed by atoms with Crippen molar-refractivity contribution in [2.45, 2.75) is 55.0 Å². The molecule has 0 saturated heterocycles. The fourth-order valence-electron chi connectivity index (χ4n) is 2.25. The number of hydrogen-bond acceptors (Lipinski definition) is 5. The number of nitrogens with two attached hydrogens (primary N) is 1. The normalized spacial score (nSPS) is 17.2. The quantitative estimate of drug-likeness (QED) is 0.658. The molecule has 2 rings (SSSR count). The first-order chi connectivity index (χ1) is 11.5. The maximum absolute atomic E-state index is 12.7. The van der Waals surface area contributed by atoms with E-state index in [4.69, 9.17) is 5.73 Å².